The smallest absolute Gasteiger partial charge is 0.0701 e. The highest BCUT2D eigenvalue weighted by Gasteiger charge is 2.10. The summed E-state index contributed by atoms with van der Waals surface area (Å²) < 4.78 is 1.17. The molecule has 1 nitrogen and oxygen atoms in total. The van der Waals surface area contributed by atoms with Gasteiger partial charge in [-0.15, -0.1) is 23.7 Å². The maximum absolute atomic E-state index is 5.25. The largest absolute Gasteiger partial charge is 0.306 e. The predicted octanol–water partition coefficient (Wildman–Crippen LogP) is 3.57. The molecule has 0 saturated carbocycles. The molecule has 1 heterocycles. The SMILES string of the molecule is C#CCC(C)NC(C)c1ccc(Br)s1. The second kappa shape index (κ2) is 5.55. The van der Waals surface area contributed by atoms with Crippen molar-refractivity contribution in [3.8, 4) is 12.3 Å². The number of nitrogens with one attached hydrogen (secondary N) is 1. The second-order valence-electron chi connectivity index (χ2n) is 3.34. The number of hydrogen-bond donors (Lipinski definition) is 1. The number of hydrogen-bond acceptors (Lipinski definition) is 2. The van der Waals surface area contributed by atoms with Crippen LogP contribution in [-0.2, 0) is 0 Å². The van der Waals surface area contributed by atoms with E-state index in [1.165, 1.54) is 8.66 Å². The molecule has 2 atom stereocenters. The monoisotopic (exact) mass is 271 g/mol. The summed E-state index contributed by atoms with van der Waals surface area (Å²) in [6.07, 6.45) is 6.03. The Balaban J connectivity index is 2.50. The maximum Gasteiger partial charge on any atom is 0.0701 e. The highest BCUT2D eigenvalue weighted by molar-refractivity contribution is 9.11. The Morgan fingerprint density at radius 1 is 1.57 bits per heavy atom. The average Bonchev–Trinajstić information content (AvgIpc) is 2.52. The Labute approximate surface area is 98.0 Å². The van der Waals surface area contributed by atoms with E-state index < -0.39 is 0 Å². The molecule has 0 spiro atoms. The van der Waals surface area contributed by atoms with Crippen LogP contribution >= 0.6 is 27.3 Å². The van der Waals surface area contributed by atoms with Crippen LogP contribution in [0.3, 0.4) is 0 Å². The summed E-state index contributed by atoms with van der Waals surface area (Å²) >= 11 is 5.21. The minimum Gasteiger partial charge on any atom is -0.306 e. The molecule has 1 N–H and O–H groups in total. The van der Waals surface area contributed by atoms with Gasteiger partial charge < -0.3 is 5.32 Å². The summed E-state index contributed by atoms with van der Waals surface area (Å²) in [5.41, 5.74) is 0. The van der Waals surface area contributed by atoms with E-state index in [1.54, 1.807) is 11.3 Å². The summed E-state index contributed by atoms with van der Waals surface area (Å²) in [5.74, 6) is 2.66. The summed E-state index contributed by atoms with van der Waals surface area (Å²) in [7, 11) is 0. The Hall–Kier alpha value is -0.300. The van der Waals surface area contributed by atoms with Crippen molar-refractivity contribution < 1.29 is 0 Å². The Morgan fingerprint density at radius 3 is 2.79 bits per heavy atom. The van der Waals surface area contributed by atoms with Crippen molar-refractivity contribution in [1.29, 1.82) is 0 Å². The zero-order valence-electron chi connectivity index (χ0n) is 8.38. The summed E-state index contributed by atoms with van der Waals surface area (Å²) in [6.45, 7) is 4.27. The van der Waals surface area contributed by atoms with Gasteiger partial charge in [0.15, 0.2) is 0 Å². The lowest BCUT2D eigenvalue weighted by Crippen LogP contribution is -2.27. The van der Waals surface area contributed by atoms with Gasteiger partial charge in [0.1, 0.15) is 0 Å². The van der Waals surface area contributed by atoms with Crippen molar-refractivity contribution in [2.45, 2.75) is 32.4 Å². The van der Waals surface area contributed by atoms with E-state index in [2.05, 4.69) is 53.1 Å². The molecule has 0 aliphatic heterocycles. The molecule has 76 valence electrons. The lowest BCUT2D eigenvalue weighted by molar-refractivity contribution is 0.491. The van der Waals surface area contributed by atoms with Gasteiger partial charge in [-0.05, 0) is 41.9 Å². The van der Waals surface area contributed by atoms with Crippen LogP contribution in [0.2, 0.25) is 0 Å². The standard InChI is InChI=1S/C11H14BrNS/c1-4-5-8(2)13-9(3)10-6-7-11(12)14-10/h1,6-9,13H,5H2,2-3H3. The normalized spacial score (nSPS) is 14.7. The first-order chi connectivity index (χ1) is 6.63. The molecule has 1 rings (SSSR count). The third kappa shape index (κ3) is 3.45. The van der Waals surface area contributed by atoms with Crippen molar-refractivity contribution in [2.75, 3.05) is 0 Å². The number of terminal acetylenes is 1. The third-order valence-corrected chi connectivity index (χ3v) is 3.79. The summed E-state index contributed by atoms with van der Waals surface area (Å²) in [5, 5.41) is 3.46. The van der Waals surface area contributed by atoms with Gasteiger partial charge in [0.05, 0.1) is 3.79 Å². The molecular formula is C11H14BrNS. The van der Waals surface area contributed by atoms with Crippen LogP contribution < -0.4 is 5.32 Å². The van der Waals surface area contributed by atoms with Crippen molar-refractivity contribution >= 4 is 27.3 Å². The summed E-state index contributed by atoms with van der Waals surface area (Å²) in [6, 6.07) is 4.95. The number of thiophene rings is 1. The Morgan fingerprint density at radius 2 is 2.29 bits per heavy atom. The molecule has 0 amide bonds. The van der Waals surface area contributed by atoms with Crippen molar-refractivity contribution in [2.24, 2.45) is 0 Å². The van der Waals surface area contributed by atoms with E-state index in [1.807, 2.05) is 0 Å². The van der Waals surface area contributed by atoms with Gasteiger partial charge in [-0.2, -0.15) is 0 Å². The first-order valence-corrected chi connectivity index (χ1v) is 6.19. The van der Waals surface area contributed by atoms with Gasteiger partial charge in [-0.3, -0.25) is 0 Å². The van der Waals surface area contributed by atoms with Crippen LogP contribution in [0.5, 0.6) is 0 Å². The van der Waals surface area contributed by atoms with Gasteiger partial charge in [-0.1, -0.05) is 0 Å². The fraction of sp³-hybridized carbons (Fsp3) is 0.455. The molecule has 0 saturated heterocycles. The van der Waals surface area contributed by atoms with E-state index in [4.69, 9.17) is 6.42 Å². The Kier molecular flexibility index (Phi) is 4.67. The molecule has 0 aromatic carbocycles. The minimum atomic E-state index is 0.370. The lowest BCUT2D eigenvalue weighted by Gasteiger charge is -2.16. The van der Waals surface area contributed by atoms with E-state index in [0.717, 1.165) is 6.42 Å². The van der Waals surface area contributed by atoms with Gasteiger partial charge in [0, 0.05) is 23.4 Å². The zero-order chi connectivity index (χ0) is 10.6. The molecule has 1 aromatic heterocycles. The second-order valence-corrected chi connectivity index (χ2v) is 5.83. The van der Waals surface area contributed by atoms with Gasteiger partial charge in [0.25, 0.3) is 0 Å². The quantitative estimate of drug-likeness (QED) is 0.826. The lowest BCUT2D eigenvalue weighted by atomic mass is 10.2. The van der Waals surface area contributed by atoms with Crippen LogP contribution in [0.4, 0.5) is 0 Å². The Bertz CT molecular complexity index is 326. The van der Waals surface area contributed by atoms with Crippen molar-refractivity contribution in [3.05, 3.63) is 20.8 Å². The van der Waals surface area contributed by atoms with E-state index in [-0.39, 0.29) is 0 Å². The third-order valence-electron chi connectivity index (χ3n) is 1.98. The molecule has 3 heteroatoms. The van der Waals surface area contributed by atoms with Gasteiger partial charge >= 0.3 is 0 Å². The van der Waals surface area contributed by atoms with Gasteiger partial charge in [0.2, 0.25) is 0 Å². The average molecular weight is 272 g/mol. The molecule has 0 fully saturated rings. The first kappa shape index (κ1) is 11.8. The molecule has 0 radical (unpaired) electrons. The highest BCUT2D eigenvalue weighted by Crippen LogP contribution is 2.27. The van der Waals surface area contributed by atoms with Crippen molar-refractivity contribution in [1.82, 2.24) is 5.32 Å². The first-order valence-electron chi connectivity index (χ1n) is 4.58. The highest BCUT2D eigenvalue weighted by atomic mass is 79.9. The fourth-order valence-corrected chi connectivity index (χ4v) is 2.74. The van der Waals surface area contributed by atoms with E-state index in [0.29, 0.717) is 12.1 Å². The maximum atomic E-state index is 5.25. The molecule has 0 bridgehead atoms. The molecule has 2 unspecified atom stereocenters. The van der Waals surface area contributed by atoms with Crippen LogP contribution in [0, 0.1) is 12.3 Å². The molecule has 14 heavy (non-hydrogen) atoms. The van der Waals surface area contributed by atoms with Crippen LogP contribution in [0.1, 0.15) is 31.2 Å². The minimum absolute atomic E-state index is 0.370. The molecule has 1 aromatic rings. The molecular weight excluding hydrogens is 258 g/mol. The fourth-order valence-electron chi connectivity index (χ4n) is 1.31. The van der Waals surface area contributed by atoms with Crippen LogP contribution in [0.15, 0.2) is 15.9 Å². The zero-order valence-corrected chi connectivity index (χ0v) is 10.8. The molecule has 0 aliphatic rings. The van der Waals surface area contributed by atoms with Crippen LogP contribution in [0.25, 0.3) is 0 Å². The summed E-state index contributed by atoms with van der Waals surface area (Å²) in [4.78, 5) is 1.33. The topological polar surface area (TPSA) is 12.0 Å². The van der Waals surface area contributed by atoms with Crippen molar-refractivity contribution in [3.63, 3.8) is 0 Å². The molecule has 0 aliphatic carbocycles. The number of rotatable bonds is 4. The van der Waals surface area contributed by atoms with E-state index >= 15 is 0 Å². The number of halogens is 1. The van der Waals surface area contributed by atoms with E-state index in [9.17, 15) is 0 Å². The van der Waals surface area contributed by atoms with Crippen LogP contribution in [-0.4, -0.2) is 6.04 Å². The predicted molar refractivity (Wildman–Crippen MR) is 66.5 cm³/mol. The van der Waals surface area contributed by atoms with Gasteiger partial charge in [-0.25, -0.2) is 0 Å².